The summed E-state index contributed by atoms with van der Waals surface area (Å²) >= 11 is 6.06. The quantitative estimate of drug-likeness (QED) is 0.614. The molecule has 2 heterocycles. The maximum absolute atomic E-state index is 6.06. The van der Waals surface area contributed by atoms with Gasteiger partial charge in [0.15, 0.2) is 0 Å². The van der Waals surface area contributed by atoms with Crippen LogP contribution in [0.15, 0.2) is 54.7 Å². The van der Waals surface area contributed by atoms with E-state index in [4.69, 9.17) is 11.6 Å². The van der Waals surface area contributed by atoms with Gasteiger partial charge in [0.25, 0.3) is 0 Å². The van der Waals surface area contributed by atoms with E-state index in [0.717, 1.165) is 34.2 Å². The smallest absolute Gasteiger partial charge is 0.225 e. The lowest BCUT2D eigenvalue weighted by molar-refractivity contribution is 0.753. The summed E-state index contributed by atoms with van der Waals surface area (Å²) in [6.45, 7) is 4.86. The predicted molar refractivity (Wildman–Crippen MR) is 107 cm³/mol. The Morgan fingerprint density at radius 1 is 1.04 bits per heavy atom. The van der Waals surface area contributed by atoms with Gasteiger partial charge in [-0.25, -0.2) is 4.98 Å². The second-order valence-corrected chi connectivity index (χ2v) is 6.55. The summed E-state index contributed by atoms with van der Waals surface area (Å²) in [6, 6.07) is 15.7. The number of benzene rings is 1. The van der Waals surface area contributed by atoms with E-state index in [9.17, 15) is 0 Å². The summed E-state index contributed by atoms with van der Waals surface area (Å²) < 4.78 is 0. The summed E-state index contributed by atoms with van der Waals surface area (Å²) in [4.78, 5) is 13.6. The highest BCUT2D eigenvalue weighted by Crippen LogP contribution is 2.21. The first-order valence-corrected chi connectivity index (χ1v) is 9.07. The molecule has 0 saturated heterocycles. The van der Waals surface area contributed by atoms with Crippen LogP contribution in [0.25, 0.3) is 11.4 Å². The Bertz CT molecular complexity index is 854. The van der Waals surface area contributed by atoms with Crippen LogP contribution in [-0.2, 0) is 6.54 Å². The number of nitrogens with zero attached hydrogens (tertiary/aromatic N) is 3. The zero-order valence-electron chi connectivity index (χ0n) is 14.9. The van der Waals surface area contributed by atoms with Crippen molar-refractivity contribution in [1.82, 2.24) is 15.0 Å². The molecule has 0 radical (unpaired) electrons. The lowest BCUT2D eigenvalue weighted by Gasteiger charge is -2.14. The van der Waals surface area contributed by atoms with Gasteiger partial charge in [-0.1, -0.05) is 36.7 Å². The minimum Gasteiger partial charge on any atom is -0.366 e. The number of rotatable bonds is 7. The maximum atomic E-state index is 6.06. The zero-order valence-corrected chi connectivity index (χ0v) is 15.7. The van der Waals surface area contributed by atoms with Crippen LogP contribution < -0.4 is 10.6 Å². The third-order valence-electron chi connectivity index (χ3n) is 4.00. The monoisotopic (exact) mass is 367 g/mol. The van der Waals surface area contributed by atoms with Crippen LogP contribution in [0.5, 0.6) is 0 Å². The Labute approximate surface area is 158 Å². The van der Waals surface area contributed by atoms with Gasteiger partial charge in [-0.15, -0.1) is 0 Å². The second kappa shape index (κ2) is 8.63. The highest BCUT2D eigenvalue weighted by Gasteiger charge is 2.09. The Balaban J connectivity index is 1.86. The van der Waals surface area contributed by atoms with E-state index in [-0.39, 0.29) is 6.04 Å². The molecule has 0 spiro atoms. The van der Waals surface area contributed by atoms with Crippen LogP contribution >= 0.6 is 11.6 Å². The van der Waals surface area contributed by atoms with Gasteiger partial charge in [0, 0.05) is 29.9 Å². The van der Waals surface area contributed by atoms with Crippen molar-refractivity contribution in [3.63, 3.8) is 0 Å². The van der Waals surface area contributed by atoms with E-state index in [1.807, 2.05) is 48.5 Å². The molecule has 0 aliphatic carbocycles. The lowest BCUT2D eigenvalue weighted by Crippen LogP contribution is -2.16. The number of aromatic nitrogens is 3. The van der Waals surface area contributed by atoms with Crippen molar-refractivity contribution in [2.75, 3.05) is 10.6 Å². The zero-order chi connectivity index (χ0) is 18.4. The van der Waals surface area contributed by atoms with Crippen molar-refractivity contribution >= 4 is 23.4 Å². The van der Waals surface area contributed by atoms with Gasteiger partial charge in [-0.05, 0) is 43.2 Å². The van der Waals surface area contributed by atoms with E-state index in [1.165, 1.54) is 0 Å². The van der Waals surface area contributed by atoms with Crippen LogP contribution in [0.1, 0.15) is 25.8 Å². The molecule has 3 aromatic rings. The minimum absolute atomic E-state index is 0.287. The molecule has 0 aliphatic heterocycles. The Hall–Kier alpha value is -2.66. The van der Waals surface area contributed by atoms with E-state index >= 15 is 0 Å². The molecule has 1 aromatic carbocycles. The fourth-order valence-corrected chi connectivity index (χ4v) is 2.62. The summed E-state index contributed by atoms with van der Waals surface area (Å²) in [5, 5.41) is 7.41. The molecule has 0 fully saturated rings. The van der Waals surface area contributed by atoms with Crippen molar-refractivity contribution in [2.24, 2.45) is 0 Å². The molecule has 5 nitrogen and oxygen atoms in total. The Morgan fingerprint density at radius 3 is 2.65 bits per heavy atom. The number of hydrogen-bond donors (Lipinski definition) is 2. The molecular formula is C20H22ClN5. The van der Waals surface area contributed by atoms with Gasteiger partial charge < -0.3 is 10.6 Å². The largest absolute Gasteiger partial charge is 0.366 e. The third-order valence-corrected chi connectivity index (χ3v) is 4.24. The maximum Gasteiger partial charge on any atom is 0.225 e. The Morgan fingerprint density at radius 2 is 1.92 bits per heavy atom. The van der Waals surface area contributed by atoms with E-state index in [1.54, 1.807) is 6.20 Å². The highest BCUT2D eigenvalue weighted by atomic mass is 35.5. The molecule has 0 saturated carbocycles. The number of hydrogen-bond acceptors (Lipinski definition) is 5. The van der Waals surface area contributed by atoms with Gasteiger partial charge in [-0.2, -0.15) is 4.98 Å². The predicted octanol–water partition coefficient (Wildman–Crippen LogP) is 5.01. The summed E-state index contributed by atoms with van der Waals surface area (Å²) in [5.41, 5.74) is 2.68. The minimum atomic E-state index is 0.287. The molecule has 0 bridgehead atoms. The van der Waals surface area contributed by atoms with E-state index in [2.05, 4.69) is 39.4 Å². The summed E-state index contributed by atoms with van der Waals surface area (Å²) in [6.07, 6.45) is 2.75. The summed E-state index contributed by atoms with van der Waals surface area (Å²) in [7, 11) is 0. The average molecular weight is 368 g/mol. The van der Waals surface area contributed by atoms with Crippen LogP contribution in [0.3, 0.4) is 0 Å². The van der Waals surface area contributed by atoms with Gasteiger partial charge >= 0.3 is 0 Å². The van der Waals surface area contributed by atoms with Crippen molar-refractivity contribution < 1.29 is 0 Å². The normalized spacial score (nSPS) is 11.8. The van der Waals surface area contributed by atoms with Crippen LogP contribution in [0, 0.1) is 0 Å². The van der Waals surface area contributed by atoms with Gasteiger partial charge in [0.05, 0.1) is 11.4 Å². The molecule has 6 heteroatoms. The molecular weight excluding hydrogens is 346 g/mol. The van der Waals surface area contributed by atoms with E-state index < -0.39 is 0 Å². The van der Waals surface area contributed by atoms with Crippen LogP contribution in [0.2, 0.25) is 5.02 Å². The average Bonchev–Trinajstić information content (AvgIpc) is 2.67. The molecule has 134 valence electrons. The number of halogens is 1. The fourth-order valence-electron chi connectivity index (χ4n) is 2.41. The van der Waals surface area contributed by atoms with Crippen molar-refractivity contribution in [2.45, 2.75) is 32.9 Å². The third kappa shape index (κ3) is 4.92. The van der Waals surface area contributed by atoms with Crippen LogP contribution in [0.4, 0.5) is 11.8 Å². The lowest BCUT2D eigenvalue weighted by atomic mass is 10.2. The van der Waals surface area contributed by atoms with Crippen molar-refractivity contribution in [1.29, 1.82) is 0 Å². The molecule has 0 unspecified atom stereocenters. The molecule has 1 atom stereocenters. The first kappa shape index (κ1) is 18.1. The second-order valence-electron chi connectivity index (χ2n) is 6.11. The first-order valence-electron chi connectivity index (χ1n) is 8.69. The van der Waals surface area contributed by atoms with Crippen LogP contribution in [-0.4, -0.2) is 21.0 Å². The fraction of sp³-hybridized carbons (Fsp3) is 0.250. The van der Waals surface area contributed by atoms with Crippen molar-refractivity contribution in [3.8, 4) is 11.4 Å². The van der Waals surface area contributed by atoms with Gasteiger partial charge in [0.1, 0.15) is 5.82 Å². The Kier molecular flexibility index (Phi) is 6.02. The van der Waals surface area contributed by atoms with Gasteiger partial charge in [-0.3, -0.25) is 4.98 Å². The molecule has 3 rings (SSSR count). The number of pyridine rings is 1. The molecule has 2 N–H and O–H groups in total. The first-order chi connectivity index (χ1) is 12.6. The van der Waals surface area contributed by atoms with Crippen molar-refractivity contribution in [3.05, 3.63) is 65.3 Å². The summed E-state index contributed by atoms with van der Waals surface area (Å²) in [5.74, 6) is 1.34. The number of anilines is 2. The standard InChI is InChI=1S/C20H22ClN5/c1-3-14(2)24-20-25-18(17-9-4-5-10-22-17)12-19(26-20)23-13-15-7-6-8-16(21)11-15/h4-12,14H,3,13H2,1-2H3,(H2,23,24,25,26)/t14-/m1/s1. The molecule has 2 aromatic heterocycles. The molecule has 0 amide bonds. The SMILES string of the molecule is CC[C@@H](C)Nc1nc(NCc2cccc(Cl)c2)cc(-c2ccccn2)n1. The molecule has 26 heavy (non-hydrogen) atoms. The molecule has 0 aliphatic rings. The number of nitrogens with one attached hydrogen (secondary N) is 2. The highest BCUT2D eigenvalue weighted by molar-refractivity contribution is 6.30. The van der Waals surface area contributed by atoms with Gasteiger partial charge in [0.2, 0.25) is 5.95 Å². The topological polar surface area (TPSA) is 62.7 Å². The van der Waals surface area contributed by atoms with E-state index in [0.29, 0.717) is 12.5 Å².